The Morgan fingerprint density at radius 2 is 0.609 bits per heavy atom. The van der Waals surface area contributed by atoms with E-state index < -0.39 is 69.4 Å². The second kappa shape index (κ2) is 11.0. The van der Waals surface area contributed by atoms with Crippen molar-refractivity contribution in [3.05, 3.63) is 94.0 Å². The van der Waals surface area contributed by atoms with E-state index in [1.54, 1.807) is 0 Å². The molecule has 0 saturated carbocycles. The lowest BCUT2D eigenvalue weighted by Crippen LogP contribution is -2.54. The van der Waals surface area contributed by atoms with Crippen LogP contribution in [0.4, 0.5) is 52.7 Å². The molecule has 0 amide bonds. The lowest BCUT2D eigenvalue weighted by Gasteiger charge is -2.35. The summed E-state index contributed by atoms with van der Waals surface area (Å²) in [6.07, 6.45) is -25.1. The predicted octanol–water partition coefficient (Wildman–Crippen LogP) is 8.37. The van der Waals surface area contributed by atoms with E-state index in [0.29, 0.717) is 24.3 Å². The number of halogens is 12. The summed E-state index contributed by atoms with van der Waals surface area (Å²) in [7, 11) is 0. The fraction of sp³-hybridized carbons (Fsp3) is 0.400. The number of aliphatic hydroxyl groups is 2. The summed E-state index contributed by atoms with van der Waals surface area (Å²) in [6.45, 7) is 5.58. The number of hydrogen-bond acceptors (Lipinski definition) is 4. The molecule has 0 spiro atoms. The second-order valence-corrected chi connectivity index (χ2v) is 11.7. The molecule has 0 aliphatic heterocycles. The molecule has 4 nitrogen and oxygen atoms in total. The van der Waals surface area contributed by atoms with Crippen LogP contribution in [-0.4, -0.2) is 45.1 Å². The van der Waals surface area contributed by atoms with Crippen molar-refractivity contribution < 1.29 is 73.1 Å². The number of phenols is 2. The van der Waals surface area contributed by atoms with Crippen LogP contribution < -0.4 is 0 Å². The highest BCUT2D eigenvalue weighted by atomic mass is 19.4. The molecule has 0 saturated heterocycles. The van der Waals surface area contributed by atoms with Crippen LogP contribution in [0.5, 0.6) is 11.5 Å². The minimum absolute atomic E-state index is 0.207. The third kappa shape index (κ3) is 5.73. The van der Waals surface area contributed by atoms with Crippen LogP contribution in [0, 0.1) is 0 Å². The third-order valence-corrected chi connectivity index (χ3v) is 8.19. The zero-order valence-electron chi connectivity index (χ0n) is 24.1. The number of rotatable bonds is 6. The number of hydrogen-bond donors (Lipinski definition) is 4. The lowest BCUT2D eigenvalue weighted by atomic mass is 9.73. The van der Waals surface area contributed by atoms with E-state index in [1.165, 1.54) is 52.0 Å². The van der Waals surface area contributed by atoms with Gasteiger partial charge in [-0.2, -0.15) is 52.7 Å². The molecule has 4 N–H and O–H groups in total. The maximum atomic E-state index is 13.5. The van der Waals surface area contributed by atoms with Crippen molar-refractivity contribution in [1.82, 2.24) is 0 Å². The van der Waals surface area contributed by atoms with E-state index in [4.69, 9.17) is 0 Å². The van der Waals surface area contributed by atoms with Crippen molar-refractivity contribution in [2.45, 2.75) is 74.4 Å². The smallest absolute Gasteiger partial charge is 0.430 e. The van der Waals surface area contributed by atoms with Crippen molar-refractivity contribution in [2.24, 2.45) is 0 Å². The zero-order valence-corrected chi connectivity index (χ0v) is 24.1. The summed E-state index contributed by atoms with van der Waals surface area (Å²) < 4.78 is 162. The largest absolute Gasteiger partial charge is 0.508 e. The van der Waals surface area contributed by atoms with Gasteiger partial charge in [0.15, 0.2) is 0 Å². The monoisotopic (exact) mass is 678 g/mol. The maximum Gasteiger partial charge on any atom is 0.430 e. The van der Waals surface area contributed by atoms with E-state index in [0.717, 1.165) is 12.1 Å². The van der Waals surface area contributed by atoms with Gasteiger partial charge in [0.25, 0.3) is 11.2 Å². The first-order valence-corrected chi connectivity index (χ1v) is 13.0. The first-order valence-electron chi connectivity index (χ1n) is 13.0. The molecule has 46 heavy (non-hydrogen) atoms. The van der Waals surface area contributed by atoms with Crippen molar-refractivity contribution in [2.75, 3.05) is 0 Å². The van der Waals surface area contributed by atoms with E-state index >= 15 is 0 Å². The van der Waals surface area contributed by atoms with Gasteiger partial charge < -0.3 is 20.4 Å². The molecule has 0 fully saturated rings. The van der Waals surface area contributed by atoms with Crippen LogP contribution in [0.2, 0.25) is 0 Å². The summed E-state index contributed by atoms with van der Waals surface area (Å²) in [4.78, 5) is 0. The van der Waals surface area contributed by atoms with E-state index in [9.17, 15) is 73.1 Å². The van der Waals surface area contributed by atoms with Crippen LogP contribution in [0.25, 0.3) is 0 Å². The van der Waals surface area contributed by atoms with Gasteiger partial charge in [0.1, 0.15) is 11.5 Å². The molecule has 16 heteroatoms. The Morgan fingerprint density at radius 1 is 0.391 bits per heavy atom. The van der Waals surface area contributed by atoms with Gasteiger partial charge >= 0.3 is 24.7 Å². The van der Waals surface area contributed by atoms with Gasteiger partial charge in [-0.1, -0.05) is 64.1 Å². The normalized spacial score (nSPS) is 14.5. The number of benzene rings is 3. The molecule has 0 heterocycles. The minimum Gasteiger partial charge on any atom is -0.508 e. The molecule has 0 radical (unpaired) electrons. The molecule has 254 valence electrons. The summed E-state index contributed by atoms with van der Waals surface area (Å²) in [5, 5.41) is 39.5. The van der Waals surface area contributed by atoms with Gasteiger partial charge in [0.2, 0.25) is 0 Å². The molecule has 0 atom stereocenters. The van der Waals surface area contributed by atoms with Gasteiger partial charge in [0, 0.05) is 22.0 Å². The molecule has 0 aliphatic rings. The molecule has 3 aromatic carbocycles. The molecule has 0 aromatic heterocycles. The van der Waals surface area contributed by atoms with Gasteiger partial charge in [-0.3, -0.25) is 0 Å². The first-order chi connectivity index (χ1) is 20.5. The van der Waals surface area contributed by atoms with Crippen LogP contribution in [0.3, 0.4) is 0 Å². The third-order valence-electron chi connectivity index (χ3n) is 8.19. The minimum atomic E-state index is -6.28. The Balaban J connectivity index is 2.11. The van der Waals surface area contributed by atoms with E-state index in [1.807, 2.05) is 0 Å². The highest BCUT2D eigenvalue weighted by Gasteiger charge is 2.73. The summed E-state index contributed by atoms with van der Waals surface area (Å²) >= 11 is 0. The Labute approximate surface area is 253 Å². The molecule has 0 unspecified atom stereocenters. The van der Waals surface area contributed by atoms with E-state index in [2.05, 4.69) is 0 Å². The van der Waals surface area contributed by atoms with Crippen molar-refractivity contribution in [1.29, 1.82) is 0 Å². The van der Waals surface area contributed by atoms with Gasteiger partial charge in [0.05, 0.1) is 0 Å². The molecule has 3 rings (SSSR count). The SMILES string of the molecule is CC(C)(c1ccc(C(C)(C)c2ccc(O)c(C(O)(C(F)(F)F)C(F)(F)F)c2)cc1)c1ccc(O)c(C(O)(C(F)(F)F)C(F)(F)F)c1. The highest BCUT2D eigenvalue weighted by molar-refractivity contribution is 5.50. The first kappa shape index (κ1) is 36.8. The Bertz CT molecular complexity index is 1440. The number of aromatic hydroxyl groups is 2. The van der Waals surface area contributed by atoms with Crippen LogP contribution in [-0.2, 0) is 22.0 Å². The molecule has 0 aliphatic carbocycles. The van der Waals surface area contributed by atoms with Gasteiger partial charge in [-0.25, -0.2) is 0 Å². The van der Waals surface area contributed by atoms with Crippen molar-refractivity contribution in [3.8, 4) is 11.5 Å². The summed E-state index contributed by atoms with van der Waals surface area (Å²) in [5.41, 5.74) is -17.3. The topological polar surface area (TPSA) is 80.9 Å². The van der Waals surface area contributed by atoms with Gasteiger partial charge in [-0.15, -0.1) is 0 Å². The number of phenolic OH excluding ortho intramolecular Hbond substituents is 2. The highest BCUT2D eigenvalue weighted by Crippen LogP contribution is 2.54. The summed E-state index contributed by atoms with van der Waals surface area (Å²) in [6, 6.07) is 9.30. The Kier molecular flexibility index (Phi) is 8.77. The van der Waals surface area contributed by atoms with Crippen LogP contribution in [0.1, 0.15) is 61.1 Å². The maximum absolute atomic E-state index is 13.5. The quantitative estimate of drug-likeness (QED) is 0.198. The molecule has 0 bridgehead atoms. The van der Waals surface area contributed by atoms with Gasteiger partial charge in [-0.05, 0) is 46.5 Å². The second-order valence-electron chi connectivity index (χ2n) is 11.7. The molecular weight excluding hydrogens is 652 g/mol. The molecular formula is C30H26F12O4. The standard InChI is InChI=1S/C30H26F12O4/c1-23(2,17-9-11-21(43)19(13-17)25(45,27(31,32)33)28(34,35)36)15-5-7-16(8-6-15)24(3,4)18-10-12-22(44)20(14-18)26(46,29(37,38)39)30(40,41)42/h5-14,43-46H,1-4H3. The average molecular weight is 679 g/mol. The summed E-state index contributed by atoms with van der Waals surface area (Å²) in [5.74, 6) is -2.96. The van der Waals surface area contributed by atoms with Crippen molar-refractivity contribution >= 4 is 0 Å². The lowest BCUT2D eigenvalue weighted by molar-refractivity contribution is -0.377. The Morgan fingerprint density at radius 3 is 0.826 bits per heavy atom. The van der Waals surface area contributed by atoms with Crippen molar-refractivity contribution in [3.63, 3.8) is 0 Å². The number of alkyl halides is 12. The fourth-order valence-corrected chi connectivity index (χ4v) is 5.00. The van der Waals surface area contributed by atoms with Crippen LogP contribution >= 0.6 is 0 Å². The predicted molar refractivity (Wildman–Crippen MR) is 139 cm³/mol. The zero-order chi connectivity index (χ0) is 35.7. The molecule has 3 aromatic rings. The average Bonchev–Trinajstić information content (AvgIpc) is 2.90. The van der Waals surface area contributed by atoms with Crippen LogP contribution in [0.15, 0.2) is 60.7 Å². The Hall–Kier alpha value is -3.66. The fourth-order valence-electron chi connectivity index (χ4n) is 5.00. The van der Waals surface area contributed by atoms with E-state index in [-0.39, 0.29) is 22.3 Å².